The second kappa shape index (κ2) is 3.84. The summed E-state index contributed by atoms with van der Waals surface area (Å²) in [5.74, 6) is 1.50. The zero-order chi connectivity index (χ0) is 10.1. The lowest BCUT2D eigenvalue weighted by molar-refractivity contribution is -0.117. The molecule has 74 valence electrons. The van der Waals surface area contributed by atoms with Gasteiger partial charge in [0.15, 0.2) is 0 Å². The largest absolute Gasteiger partial charge is 0.310 e. The third-order valence-corrected chi connectivity index (χ3v) is 3.06. The Bertz CT molecular complexity index is 350. The minimum absolute atomic E-state index is 0.103. The molecule has 1 aromatic rings. The Morgan fingerprint density at radius 1 is 1.64 bits per heavy atom. The lowest BCUT2D eigenvalue weighted by Crippen LogP contribution is -2.15. The molecule has 1 amide bonds. The van der Waals surface area contributed by atoms with Crippen molar-refractivity contribution < 1.29 is 4.79 Å². The molecule has 0 spiro atoms. The highest BCUT2D eigenvalue weighted by molar-refractivity contribution is 14.1. The molecule has 0 unspecified atom stereocenters. The molecular formula is C10H11IN2O. The van der Waals surface area contributed by atoms with Crippen molar-refractivity contribution in [3.63, 3.8) is 0 Å². The van der Waals surface area contributed by atoms with E-state index in [1.54, 1.807) is 6.20 Å². The van der Waals surface area contributed by atoms with Gasteiger partial charge in [-0.25, -0.2) is 4.98 Å². The van der Waals surface area contributed by atoms with Crippen molar-refractivity contribution in [3.05, 3.63) is 21.9 Å². The number of carbonyl (C=O) groups is 1. The molecule has 1 aliphatic carbocycles. The van der Waals surface area contributed by atoms with Crippen molar-refractivity contribution in [1.82, 2.24) is 4.98 Å². The summed E-state index contributed by atoms with van der Waals surface area (Å²) >= 11 is 2.18. The molecule has 1 fully saturated rings. The molecule has 1 N–H and O–H groups in total. The van der Waals surface area contributed by atoms with Crippen LogP contribution < -0.4 is 5.32 Å². The van der Waals surface area contributed by atoms with Crippen LogP contribution in [0.5, 0.6) is 0 Å². The van der Waals surface area contributed by atoms with E-state index in [2.05, 4.69) is 39.8 Å². The molecular weight excluding hydrogens is 291 g/mol. The fourth-order valence-electron chi connectivity index (χ4n) is 1.36. The summed E-state index contributed by atoms with van der Waals surface area (Å²) in [6, 6.07) is 3.76. The lowest BCUT2D eigenvalue weighted by Gasteiger charge is -2.02. The first-order valence-electron chi connectivity index (χ1n) is 4.59. The molecule has 4 heteroatoms. The summed E-state index contributed by atoms with van der Waals surface area (Å²) < 4.78 is 1.07. The number of nitrogens with zero attached hydrogens (tertiary/aromatic N) is 1. The second-order valence-electron chi connectivity index (χ2n) is 3.67. The van der Waals surface area contributed by atoms with Crippen LogP contribution in [-0.4, -0.2) is 10.9 Å². The van der Waals surface area contributed by atoms with Crippen molar-refractivity contribution in [2.75, 3.05) is 5.32 Å². The summed E-state index contributed by atoms with van der Waals surface area (Å²) in [6.45, 7) is 2.09. The molecule has 3 nitrogen and oxygen atoms in total. The maximum absolute atomic E-state index is 11.5. The topological polar surface area (TPSA) is 42.0 Å². The molecule has 14 heavy (non-hydrogen) atoms. The van der Waals surface area contributed by atoms with E-state index >= 15 is 0 Å². The fourth-order valence-corrected chi connectivity index (χ4v) is 1.68. The number of hydrogen-bond donors (Lipinski definition) is 1. The van der Waals surface area contributed by atoms with Gasteiger partial charge < -0.3 is 5.32 Å². The van der Waals surface area contributed by atoms with E-state index in [0.29, 0.717) is 11.7 Å². The van der Waals surface area contributed by atoms with E-state index in [4.69, 9.17) is 0 Å². The van der Waals surface area contributed by atoms with Gasteiger partial charge in [-0.3, -0.25) is 4.79 Å². The van der Waals surface area contributed by atoms with Crippen LogP contribution in [0.3, 0.4) is 0 Å². The molecule has 0 aromatic carbocycles. The van der Waals surface area contributed by atoms with Gasteiger partial charge in [-0.1, -0.05) is 6.92 Å². The van der Waals surface area contributed by atoms with Gasteiger partial charge in [0.2, 0.25) is 5.91 Å². The number of anilines is 1. The fraction of sp³-hybridized carbons (Fsp3) is 0.400. The van der Waals surface area contributed by atoms with Crippen molar-refractivity contribution in [2.45, 2.75) is 13.3 Å². The van der Waals surface area contributed by atoms with Crippen LogP contribution in [0, 0.1) is 15.4 Å². The second-order valence-corrected chi connectivity index (χ2v) is 4.92. The molecule has 1 heterocycles. The monoisotopic (exact) mass is 302 g/mol. The molecule has 1 aromatic heterocycles. The highest BCUT2D eigenvalue weighted by Crippen LogP contribution is 2.38. The SMILES string of the molecule is C[C@H]1C[C@H]1C(=O)Nc1ccc(I)cn1. The molecule has 1 saturated carbocycles. The smallest absolute Gasteiger partial charge is 0.228 e. The van der Waals surface area contributed by atoms with Gasteiger partial charge in [-0.05, 0) is 47.1 Å². The van der Waals surface area contributed by atoms with Crippen molar-refractivity contribution in [2.24, 2.45) is 11.8 Å². The molecule has 1 aliphatic rings. The van der Waals surface area contributed by atoms with Crippen molar-refractivity contribution >= 4 is 34.3 Å². The van der Waals surface area contributed by atoms with Gasteiger partial charge in [-0.15, -0.1) is 0 Å². The Morgan fingerprint density at radius 2 is 2.36 bits per heavy atom. The quantitative estimate of drug-likeness (QED) is 0.852. The first-order chi connectivity index (χ1) is 6.66. The minimum atomic E-state index is 0.103. The normalized spacial score (nSPS) is 24.4. The summed E-state index contributed by atoms with van der Waals surface area (Å²) in [5.41, 5.74) is 0. The average molecular weight is 302 g/mol. The zero-order valence-corrected chi connectivity index (χ0v) is 9.98. The van der Waals surface area contributed by atoms with Crippen LogP contribution in [-0.2, 0) is 4.79 Å². The van der Waals surface area contributed by atoms with Gasteiger partial charge >= 0.3 is 0 Å². The van der Waals surface area contributed by atoms with Crippen LogP contribution in [0.2, 0.25) is 0 Å². The number of halogens is 1. The van der Waals surface area contributed by atoms with Gasteiger partial charge in [0.05, 0.1) is 0 Å². The Balaban J connectivity index is 1.97. The van der Waals surface area contributed by atoms with E-state index in [0.717, 1.165) is 9.99 Å². The Hall–Kier alpha value is -0.650. The molecule has 2 atom stereocenters. The number of carbonyl (C=O) groups excluding carboxylic acids is 1. The molecule has 2 rings (SSSR count). The summed E-state index contributed by atoms with van der Waals surface area (Å²) in [7, 11) is 0. The first kappa shape index (κ1) is 9.89. The molecule has 0 aliphatic heterocycles. The van der Waals surface area contributed by atoms with E-state index in [-0.39, 0.29) is 11.8 Å². The van der Waals surface area contributed by atoms with Crippen LogP contribution >= 0.6 is 22.6 Å². The number of rotatable bonds is 2. The lowest BCUT2D eigenvalue weighted by atomic mass is 10.3. The van der Waals surface area contributed by atoms with E-state index in [1.165, 1.54) is 0 Å². The Morgan fingerprint density at radius 3 is 2.86 bits per heavy atom. The van der Waals surface area contributed by atoms with Crippen LogP contribution in [0.25, 0.3) is 0 Å². The van der Waals surface area contributed by atoms with Gasteiger partial charge in [0.25, 0.3) is 0 Å². The zero-order valence-electron chi connectivity index (χ0n) is 7.83. The van der Waals surface area contributed by atoms with E-state index in [1.807, 2.05) is 12.1 Å². The van der Waals surface area contributed by atoms with Crippen molar-refractivity contribution in [1.29, 1.82) is 0 Å². The summed E-state index contributed by atoms with van der Waals surface area (Å²) in [5, 5.41) is 2.81. The predicted molar refractivity (Wildman–Crippen MR) is 62.9 cm³/mol. The number of hydrogen-bond acceptors (Lipinski definition) is 2. The maximum atomic E-state index is 11.5. The van der Waals surface area contributed by atoms with E-state index < -0.39 is 0 Å². The third-order valence-electron chi connectivity index (χ3n) is 2.42. The molecule has 0 radical (unpaired) electrons. The van der Waals surface area contributed by atoms with Gasteiger partial charge in [0, 0.05) is 15.7 Å². The summed E-state index contributed by atoms with van der Waals surface area (Å²) in [4.78, 5) is 15.6. The minimum Gasteiger partial charge on any atom is -0.310 e. The van der Waals surface area contributed by atoms with Gasteiger partial charge in [0.1, 0.15) is 5.82 Å². The number of aromatic nitrogens is 1. The number of pyridine rings is 1. The standard InChI is InChI=1S/C10H11IN2O/c1-6-4-8(6)10(14)13-9-3-2-7(11)5-12-9/h2-3,5-6,8H,4H2,1H3,(H,12,13,14)/t6-,8+/m0/s1. The number of amides is 1. The molecule has 0 bridgehead atoms. The average Bonchev–Trinajstić information content (AvgIpc) is 2.87. The van der Waals surface area contributed by atoms with Crippen LogP contribution in [0.15, 0.2) is 18.3 Å². The van der Waals surface area contributed by atoms with E-state index in [9.17, 15) is 4.79 Å². The van der Waals surface area contributed by atoms with Crippen LogP contribution in [0.1, 0.15) is 13.3 Å². The number of nitrogens with one attached hydrogen (secondary N) is 1. The van der Waals surface area contributed by atoms with Crippen molar-refractivity contribution in [3.8, 4) is 0 Å². The predicted octanol–water partition coefficient (Wildman–Crippen LogP) is 2.28. The summed E-state index contributed by atoms with van der Waals surface area (Å²) in [6.07, 6.45) is 2.75. The third kappa shape index (κ3) is 2.23. The Kier molecular flexibility index (Phi) is 2.71. The highest BCUT2D eigenvalue weighted by Gasteiger charge is 2.39. The molecule has 0 saturated heterocycles. The van der Waals surface area contributed by atoms with Gasteiger partial charge in [-0.2, -0.15) is 0 Å². The maximum Gasteiger partial charge on any atom is 0.228 e. The van der Waals surface area contributed by atoms with Crippen LogP contribution in [0.4, 0.5) is 5.82 Å². The Labute approximate surface area is 96.4 Å². The highest BCUT2D eigenvalue weighted by atomic mass is 127. The first-order valence-corrected chi connectivity index (χ1v) is 5.67.